The molecule has 0 aliphatic carbocycles. The van der Waals surface area contributed by atoms with Gasteiger partial charge in [0, 0.05) is 30.8 Å². The standard InChI is InChI=1S/C21H25N3O4S/c1-14-7-8-16(29(2,27)28)13-17(14)21(26)23-18-5-3-4-6-19(18)24-11-9-15(10-12-24)20(22)25/h3-8,13,15H,9-12H2,1-2H3,(H2,22,25)(H,23,26). The number of hydrogen-bond acceptors (Lipinski definition) is 5. The van der Waals surface area contributed by atoms with E-state index in [2.05, 4.69) is 10.2 Å². The number of carbonyl (C=O) groups is 2. The molecule has 1 saturated heterocycles. The van der Waals surface area contributed by atoms with Crippen molar-refractivity contribution in [3.8, 4) is 0 Å². The maximum Gasteiger partial charge on any atom is 0.256 e. The van der Waals surface area contributed by atoms with Gasteiger partial charge >= 0.3 is 0 Å². The number of para-hydroxylation sites is 2. The SMILES string of the molecule is Cc1ccc(S(C)(=O)=O)cc1C(=O)Nc1ccccc1N1CCC(C(N)=O)CC1. The quantitative estimate of drug-likeness (QED) is 0.779. The molecule has 1 fully saturated rings. The predicted molar refractivity (Wildman–Crippen MR) is 113 cm³/mol. The van der Waals surface area contributed by atoms with E-state index in [-0.39, 0.29) is 22.6 Å². The lowest BCUT2D eigenvalue weighted by molar-refractivity contribution is -0.122. The van der Waals surface area contributed by atoms with Crippen LogP contribution in [0.3, 0.4) is 0 Å². The topological polar surface area (TPSA) is 110 Å². The van der Waals surface area contributed by atoms with Crippen molar-refractivity contribution in [2.24, 2.45) is 11.7 Å². The molecule has 7 nitrogen and oxygen atoms in total. The van der Waals surface area contributed by atoms with E-state index in [9.17, 15) is 18.0 Å². The van der Waals surface area contributed by atoms with Crippen molar-refractivity contribution >= 4 is 33.0 Å². The number of rotatable bonds is 5. The molecule has 2 amide bonds. The zero-order chi connectivity index (χ0) is 21.2. The molecule has 0 saturated carbocycles. The maximum absolute atomic E-state index is 12.9. The number of nitrogens with one attached hydrogen (secondary N) is 1. The summed E-state index contributed by atoms with van der Waals surface area (Å²) >= 11 is 0. The summed E-state index contributed by atoms with van der Waals surface area (Å²) in [6.45, 7) is 3.10. The molecular weight excluding hydrogens is 390 g/mol. The van der Waals surface area contributed by atoms with Crippen molar-refractivity contribution in [2.75, 3.05) is 29.6 Å². The number of amides is 2. The highest BCUT2D eigenvalue weighted by atomic mass is 32.2. The molecule has 0 unspecified atom stereocenters. The van der Waals surface area contributed by atoms with Crippen molar-refractivity contribution in [2.45, 2.75) is 24.7 Å². The predicted octanol–water partition coefficient (Wildman–Crippen LogP) is 2.35. The van der Waals surface area contributed by atoms with E-state index in [0.29, 0.717) is 42.7 Å². The molecule has 2 aromatic carbocycles. The normalized spacial score (nSPS) is 15.2. The van der Waals surface area contributed by atoms with Crippen LogP contribution < -0.4 is 16.0 Å². The second-order valence-electron chi connectivity index (χ2n) is 7.38. The summed E-state index contributed by atoms with van der Waals surface area (Å²) in [5.41, 5.74) is 7.92. The maximum atomic E-state index is 12.9. The lowest BCUT2D eigenvalue weighted by Gasteiger charge is -2.33. The van der Waals surface area contributed by atoms with Gasteiger partial charge < -0.3 is 16.0 Å². The smallest absolute Gasteiger partial charge is 0.256 e. The Kier molecular flexibility index (Phi) is 5.93. The molecular formula is C21H25N3O4S. The highest BCUT2D eigenvalue weighted by molar-refractivity contribution is 7.90. The Morgan fingerprint density at radius 1 is 1.10 bits per heavy atom. The molecule has 3 rings (SSSR count). The van der Waals surface area contributed by atoms with Gasteiger partial charge in [-0.05, 0) is 49.6 Å². The Morgan fingerprint density at radius 2 is 1.76 bits per heavy atom. The Morgan fingerprint density at radius 3 is 2.38 bits per heavy atom. The number of piperidine rings is 1. The fourth-order valence-electron chi connectivity index (χ4n) is 3.53. The first-order chi connectivity index (χ1) is 13.7. The molecule has 0 spiro atoms. The van der Waals surface area contributed by atoms with Crippen LogP contribution in [0.25, 0.3) is 0 Å². The first kappa shape index (κ1) is 20.9. The minimum Gasteiger partial charge on any atom is -0.370 e. The van der Waals surface area contributed by atoms with E-state index < -0.39 is 9.84 Å². The monoisotopic (exact) mass is 415 g/mol. The minimum absolute atomic E-state index is 0.107. The summed E-state index contributed by atoms with van der Waals surface area (Å²) in [7, 11) is -3.41. The van der Waals surface area contributed by atoms with Crippen molar-refractivity contribution in [1.29, 1.82) is 0 Å². The number of aryl methyl sites for hydroxylation is 1. The summed E-state index contributed by atoms with van der Waals surface area (Å²) in [6, 6.07) is 12.0. The summed E-state index contributed by atoms with van der Waals surface area (Å²) < 4.78 is 23.7. The zero-order valence-corrected chi connectivity index (χ0v) is 17.3. The molecule has 1 aliphatic heterocycles. The average Bonchev–Trinajstić information content (AvgIpc) is 2.68. The first-order valence-corrected chi connectivity index (χ1v) is 11.3. The van der Waals surface area contributed by atoms with Crippen LogP contribution >= 0.6 is 0 Å². The molecule has 0 radical (unpaired) electrons. The van der Waals surface area contributed by atoms with Gasteiger partial charge in [-0.1, -0.05) is 18.2 Å². The Hall–Kier alpha value is -2.87. The third kappa shape index (κ3) is 4.76. The third-order valence-corrected chi connectivity index (χ3v) is 6.38. The minimum atomic E-state index is -3.41. The number of benzene rings is 2. The Labute approximate surface area is 170 Å². The molecule has 3 N–H and O–H groups in total. The van der Waals surface area contributed by atoms with E-state index in [0.717, 1.165) is 11.9 Å². The van der Waals surface area contributed by atoms with Gasteiger partial charge in [0.25, 0.3) is 5.91 Å². The molecule has 1 heterocycles. The van der Waals surface area contributed by atoms with Crippen LogP contribution in [0.15, 0.2) is 47.4 Å². The van der Waals surface area contributed by atoms with Gasteiger partial charge in [-0.3, -0.25) is 9.59 Å². The fraction of sp³-hybridized carbons (Fsp3) is 0.333. The first-order valence-electron chi connectivity index (χ1n) is 9.42. The fourth-order valence-corrected chi connectivity index (χ4v) is 4.17. The van der Waals surface area contributed by atoms with Crippen molar-refractivity contribution in [1.82, 2.24) is 0 Å². The Balaban J connectivity index is 1.83. The number of hydrogen-bond donors (Lipinski definition) is 2. The lowest BCUT2D eigenvalue weighted by Crippen LogP contribution is -2.38. The summed E-state index contributed by atoms with van der Waals surface area (Å²) in [5.74, 6) is -0.755. The van der Waals surface area contributed by atoms with E-state index in [4.69, 9.17) is 5.73 Å². The number of primary amides is 1. The van der Waals surface area contributed by atoms with Gasteiger partial charge in [-0.2, -0.15) is 0 Å². The van der Waals surface area contributed by atoms with E-state index in [1.165, 1.54) is 12.1 Å². The molecule has 2 aromatic rings. The number of nitrogens with two attached hydrogens (primary N) is 1. The lowest BCUT2D eigenvalue weighted by atomic mass is 9.96. The van der Waals surface area contributed by atoms with Gasteiger partial charge in [0.2, 0.25) is 5.91 Å². The summed E-state index contributed by atoms with van der Waals surface area (Å²) in [6.07, 6.45) is 2.46. The molecule has 8 heteroatoms. The largest absolute Gasteiger partial charge is 0.370 e. The zero-order valence-electron chi connectivity index (χ0n) is 16.5. The van der Waals surface area contributed by atoms with Crippen LogP contribution in [0.1, 0.15) is 28.8 Å². The average molecular weight is 416 g/mol. The molecule has 0 bridgehead atoms. The second kappa shape index (κ2) is 8.24. The molecule has 0 atom stereocenters. The number of sulfone groups is 1. The summed E-state index contributed by atoms with van der Waals surface area (Å²) in [4.78, 5) is 26.5. The van der Waals surface area contributed by atoms with Crippen LogP contribution in [0.2, 0.25) is 0 Å². The highest BCUT2D eigenvalue weighted by Gasteiger charge is 2.25. The van der Waals surface area contributed by atoms with Crippen molar-refractivity contribution < 1.29 is 18.0 Å². The van der Waals surface area contributed by atoms with E-state index >= 15 is 0 Å². The Bertz CT molecular complexity index is 1040. The van der Waals surface area contributed by atoms with E-state index in [1.54, 1.807) is 13.0 Å². The van der Waals surface area contributed by atoms with Gasteiger partial charge in [0.1, 0.15) is 0 Å². The number of carbonyl (C=O) groups excluding carboxylic acids is 2. The van der Waals surface area contributed by atoms with Crippen LogP contribution in [0.5, 0.6) is 0 Å². The highest BCUT2D eigenvalue weighted by Crippen LogP contribution is 2.30. The molecule has 154 valence electrons. The molecule has 1 aliphatic rings. The van der Waals surface area contributed by atoms with Crippen LogP contribution in [0.4, 0.5) is 11.4 Å². The van der Waals surface area contributed by atoms with Gasteiger partial charge in [-0.15, -0.1) is 0 Å². The van der Waals surface area contributed by atoms with E-state index in [1.807, 2.05) is 24.3 Å². The molecule has 29 heavy (non-hydrogen) atoms. The third-order valence-electron chi connectivity index (χ3n) is 5.27. The summed E-state index contributed by atoms with van der Waals surface area (Å²) in [5, 5.41) is 2.91. The molecule has 0 aromatic heterocycles. The van der Waals surface area contributed by atoms with Crippen LogP contribution in [0, 0.1) is 12.8 Å². The van der Waals surface area contributed by atoms with Gasteiger partial charge in [0.05, 0.1) is 16.3 Å². The number of anilines is 2. The van der Waals surface area contributed by atoms with Crippen LogP contribution in [-0.2, 0) is 14.6 Å². The van der Waals surface area contributed by atoms with Crippen molar-refractivity contribution in [3.63, 3.8) is 0 Å². The van der Waals surface area contributed by atoms with Crippen LogP contribution in [-0.4, -0.2) is 39.6 Å². The number of nitrogens with zero attached hydrogens (tertiary/aromatic N) is 1. The van der Waals surface area contributed by atoms with Crippen molar-refractivity contribution in [3.05, 3.63) is 53.6 Å². The second-order valence-corrected chi connectivity index (χ2v) is 9.40. The van der Waals surface area contributed by atoms with Gasteiger partial charge in [0.15, 0.2) is 9.84 Å². The van der Waals surface area contributed by atoms with Gasteiger partial charge in [-0.25, -0.2) is 8.42 Å².